The fraction of sp³-hybridized carbons (Fsp3) is 0.217. The molecule has 1 aliphatic heterocycles. The van der Waals surface area contributed by atoms with Gasteiger partial charge in [-0.05, 0) is 41.5 Å². The van der Waals surface area contributed by atoms with Gasteiger partial charge in [0.05, 0.1) is 6.21 Å². The van der Waals surface area contributed by atoms with Crippen molar-refractivity contribution in [1.82, 2.24) is 15.6 Å². The van der Waals surface area contributed by atoms with Crippen LogP contribution in [0, 0.1) is 0 Å². The standard InChI is InChI=1S/C23H22N4O3/c1-23(2)21(29)27(22(30)25-23)12-11-20(28)26-24-14-19-17-9-5-3-7-15(17)13-16-8-4-6-10-18(16)19/h3-10,13-14H,11-12H2,1-2H3,(H,25,30)(H,26,28)/b24-14-. The summed E-state index contributed by atoms with van der Waals surface area (Å²) in [6.45, 7) is 3.27. The fourth-order valence-corrected chi connectivity index (χ4v) is 3.65. The lowest BCUT2D eigenvalue weighted by molar-refractivity contribution is -0.130. The van der Waals surface area contributed by atoms with Gasteiger partial charge >= 0.3 is 6.03 Å². The Morgan fingerprint density at radius 3 is 2.23 bits per heavy atom. The average molecular weight is 402 g/mol. The number of nitrogens with one attached hydrogen (secondary N) is 2. The average Bonchev–Trinajstić information content (AvgIpc) is 2.92. The van der Waals surface area contributed by atoms with Gasteiger partial charge in [0.15, 0.2) is 0 Å². The van der Waals surface area contributed by atoms with Crippen molar-refractivity contribution in [2.75, 3.05) is 6.54 Å². The quantitative estimate of drug-likeness (QED) is 0.297. The van der Waals surface area contributed by atoms with E-state index in [9.17, 15) is 14.4 Å². The Bertz CT molecular complexity index is 1150. The first-order valence-corrected chi connectivity index (χ1v) is 9.73. The summed E-state index contributed by atoms with van der Waals surface area (Å²) in [5, 5.41) is 11.0. The highest BCUT2D eigenvalue weighted by atomic mass is 16.2. The molecule has 4 rings (SSSR count). The molecule has 2 N–H and O–H groups in total. The summed E-state index contributed by atoms with van der Waals surface area (Å²) >= 11 is 0. The summed E-state index contributed by atoms with van der Waals surface area (Å²) < 4.78 is 0. The molecule has 7 heteroatoms. The number of carbonyl (C=O) groups excluding carboxylic acids is 3. The number of rotatable bonds is 5. The van der Waals surface area contributed by atoms with Crippen LogP contribution in [-0.4, -0.2) is 41.0 Å². The maximum absolute atomic E-state index is 12.2. The van der Waals surface area contributed by atoms with E-state index in [1.54, 1.807) is 20.1 Å². The monoisotopic (exact) mass is 402 g/mol. The highest BCUT2D eigenvalue weighted by Crippen LogP contribution is 2.27. The van der Waals surface area contributed by atoms with Crippen LogP contribution in [0.3, 0.4) is 0 Å². The lowest BCUT2D eigenvalue weighted by Gasteiger charge is -2.15. The molecule has 0 radical (unpaired) electrons. The van der Waals surface area contributed by atoms with E-state index in [-0.39, 0.29) is 24.8 Å². The number of hydrogen-bond acceptors (Lipinski definition) is 4. The maximum atomic E-state index is 12.2. The molecule has 7 nitrogen and oxygen atoms in total. The van der Waals surface area contributed by atoms with Crippen molar-refractivity contribution in [3.05, 3.63) is 60.2 Å². The molecule has 0 aliphatic carbocycles. The van der Waals surface area contributed by atoms with E-state index < -0.39 is 11.6 Å². The summed E-state index contributed by atoms with van der Waals surface area (Å²) in [7, 11) is 0. The van der Waals surface area contributed by atoms with Crippen molar-refractivity contribution in [2.24, 2.45) is 5.10 Å². The van der Waals surface area contributed by atoms with E-state index in [1.165, 1.54) is 0 Å². The number of hydrogen-bond donors (Lipinski definition) is 2. The summed E-state index contributed by atoms with van der Waals surface area (Å²) in [6, 6.07) is 17.7. The summed E-state index contributed by atoms with van der Waals surface area (Å²) in [5.41, 5.74) is 2.47. The Labute approximate surface area is 173 Å². The second kappa shape index (κ2) is 7.59. The second-order valence-electron chi connectivity index (χ2n) is 7.79. The largest absolute Gasteiger partial charge is 0.325 e. The Morgan fingerprint density at radius 2 is 1.67 bits per heavy atom. The molecule has 0 atom stereocenters. The highest BCUT2D eigenvalue weighted by Gasteiger charge is 2.43. The van der Waals surface area contributed by atoms with Gasteiger partial charge in [-0.3, -0.25) is 14.5 Å². The van der Waals surface area contributed by atoms with Gasteiger partial charge in [-0.1, -0.05) is 48.5 Å². The van der Waals surface area contributed by atoms with E-state index in [2.05, 4.69) is 21.9 Å². The summed E-state index contributed by atoms with van der Waals surface area (Å²) in [5.74, 6) is -0.716. The van der Waals surface area contributed by atoms with E-state index in [1.807, 2.05) is 48.5 Å². The first-order chi connectivity index (χ1) is 14.4. The lowest BCUT2D eigenvalue weighted by Crippen LogP contribution is -2.40. The lowest BCUT2D eigenvalue weighted by atomic mass is 9.97. The number of hydrazone groups is 1. The molecule has 1 saturated heterocycles. The molecule has 3 aromatic carbocycles. The minimum Gasteiger partial charge on any atom is -0.324 e. The molecule has 1 aliphatic rings. The molecular weight excluding hydrogens is 380 g/mol. The van der Waals surface area contributed by atoms with Crippen LogP contribution in [0.2, 0.25) is 0 Å². The van der Waals surface area contributed by atoms with Crippen LogP contribution in [0.15, 0.2) is 59.7 Å². The van der Waals surface area contributed by atoms with Crippen LogP contribution in [0.4, 0.5) is 4.79 Å². The Balaban J connectivity index is 1.48. The molecule has 0 saturated carbocycles. The van der Waals surface area contributed by atoms with Gasteiger partial charge < -0.3 is 5.32 Å². The minimum atomic E-state index is -0.943. The third kappa shape index (κ3) is 3.61. The third-order valence-corrected chi connectivity index (χ3v) is 5.20. The van der Waals surface area contributed by atoms with Crippen molar-refractivity contribution in [3.63, 3.8) is 0 Å². The predicted octanol–water partition coefficient (Wildman–Crippen LogP) is 3.16. The first kappa shape index (κ1) is 19.6. The highest BCUT2D eigenvalue weighted by molar-refractivity contribution is 6.13. The number of urea groups is 1. The smallest absolute Gasteiger partial charge is 0.324 e. The van der Waals surface area contributed by atoms with E-state index in [0.29, 0.717) is 0 Å². The fourth-order valence-electron chi connectivity index (χ4n) is 3.65. The molecule has 0 aromatic heterocycles. The van der Waals surface area contributed by atoms with Crippen LogP contribution < -0.4 is 10.7 Å². The molecule has 0 unspecified atom stereocenters. The third-order valence-electron chi connectivity index (χ3n) is 5.20. The first-order valence-electron chi connectivity index (χ1n) is 9.73. The maximum Gasteiger partial charge on any atom is 0.325 e. The van der Waals surface area contributed by atoms with Gasteiger partial charge in [0.25, 0.3) is 5.91 Å². The Kier molecular flexibility index (Phi) is 4.95. The van der Waals surface area contributed by atoms with Gasteiger partial charge in [0, 0.05) is 18.5 Å². The number of nitrogens with zero attached hydrogens (tertiary/aromatic N) is 2. The summed E-state index contributed by atoms with van der Waals surface area (Å²) in [4.78, 5) is 37.3. The van der Waals surface area contributed by atoms with Crippen molar-refractivity contribution < 1.29 is 14.4 Å². The molecule has 0 bridgehead atoms. The van der Waals surface area contributed by atoms with E-state index >= 15 is 0 Å². The number of fused-ring (bicyclic) bond motifs is 2. The van der Waals surface area contributed by atoms with Gasteiger partial charge in [-0.15, -0.1) is 0 Å². The van der Waals surface area contributed by atoms with Crippen molar-refractivity contribution in [3.8, 4) is 0 Å². The molecule has 1 heterocycles. The number of imide groups is 1. The van der Waals surface area contributed by atoms with Crippen molar-refractivity contribution in [2.45, 2.75) is 25.8 Å². The molecular formula is C23H22N4O3. The molecule has 0 spiro atoms. The number of amides is 4. The number of carbonyl (C=O) groups is 3. The molecule has 152 valence electrons. The summed E-state index contributed by atoms with van der Waals surface area (Å²) in [6.07, 6.45) is 1.61. The van der Waals surface area contributed by atoms with Crippen LogP contribution >= 0.6 is 0 Å². The molecule has 3 aromatic rings. The van der Waals surface area contributed by atoms with Gasteiger partial charge in [-0.2, -0.15) is 5.10 Å². The van der Waals surface area contributed by atoms with Crippen LogP contribution in [0.25, 0.3) is 21.5 Å². The van der Waals surface area contributed by atoms with Gasteiger partial charge in [0.1, 0.15) is 5.54 Å². The molecule has 1 fully saturated rings. The van der Waals surface area contributed by atoms with Crippen molar-refractivity contribution in [1.29, 1.82) is 0 Å². The van der Waals surface area contributed by atoms with Crippen LogP contribution in [-0.2, 0) is 9.59 Å². The van der Waals surface area contributed by atoms with Gasteiger partial charge in [0.2, 0.25) is 5.91 Å². The zero-order valence-electron chi connectivity index (χ0n) is 16.8. The predicted molar refractivity (Wildman–Crippen MR) is 116 cm³/mol. The zero-order valence-corrected chi connectivity index (χ0v) is 16.8. The van der Waals surface area contributed by atoms with E-state index in [4.69, 9.17) is 0 Å². The minimum absolute atomic E-state index is 0.00660. The molecule has 30 heavy (non-hydrogen) atoms. The van der Waals surface area contributed by atoms with Crippen LogP contribution in [0.1, 0.15) is 25.8 Å². The Morgan fingerprint density at radius 1 is 1.07 bits per heavy atom. The van der Waals surface area contributed by atoms with Crippen molar-refractivity contribution >= 4 is 45.6 Å². The second-order valence-corrected chi connectivity index (χ2v) is 7.79. The van der Waals surface area contributed by atoms with E-state index in [0.717, 1.165) is 32.0 Å². The topological polar surface area (TPSA) is 90.9 Å². The molecule has 4 amide bonds. The van der Waals surface area contributed by atoms with Crippen LogP contribution in [0.5, 0.6) is 0 Å². The SMILES string of the molecule is CC1(C)NC(=O)N(CCC(=O)N/N=C\c2c3ccccc3cc3ccccc23)C1=O. The zero-order chi connectivity index (χ0) is 21.3. The Hall–Kier alpha value is -3.74. The number of benzene rings is 3. The normalized spacial score (nSPS) is 15.9. The van der Waals surface area contributed by atoms with Gasteiger partial charge in [-0.25, -0.2) is 10.2 Å².